The molecule has 0 atom stereocenters. The summed E-state index contributed by atoms with van der Waals surface area (Å²) in [4.78, 5) is 11.8. The fraction of sp³-hybridized carbons (Fsp3) is 0.133. The lowest BCUT2D eigenvalue weighted by molar-refractivity contribution is 0.251. The topological polar surface area (TPSA) is 41.1 Å². The van der Waals surface area contributed by atoms with Crippen molar-refractivity contribution >= 4 is 34.3 Å². The summed E-state index contributed by atoms with van der Waals surface area (Å²) in [6, 6.07) is 15.6. The van der Waals surface area contributed by atoms with Crippen LogP contribution in [0, 0.1) is 10.5 Å². The van der Waals surface area contributed by atoms with Crippen molar-refractivity contribution < 1.29 is 4.79 Å². The monoisotopic (exact) mass is 366 g/mol. The molecule has 0 aliphatic rings. The molecule has 0 radical (unpaired) electrons. The van der Waals surface area contributed by atoms with Gasteiger partial charge in [0.1, 0.15) is 0 Å². The molecule has 0 bridgehead atoms. The van der Waals surface area contributed by atoms with Crippen LogP contribution in [0.4, 0.5) is 10.5 Å². The lowest BCUT2D eigenvalue weighted by Crippen LogP contribution is -2.28. The minimum absolute atomic E-state index is 0.187. The molecular formula is C15H15IN2O. The summed E-state index contributed by atoms with van der Waals surface area (Å²) < 4.78 is 1.16. The van der Waals surface area contributed by atoms with Gasteiger partial charge in [-0.25, -0.2) is 4.79 Å². The molecule has 4 heteroatoms. The van der Waals surface area contributed by atoms with E-state index < -0.39 is 0 Å². The number of anilines is 1. The van der Waals surface area contributed by atoms with Crippen LogP contribution in [0.15, 0.2) is 48.5 Å². The summed E-state index contributed by atoms with van der Waals surface area (Å²) in [7, 11) is 0. The van der Waals surface area contributed by atoms with E-state index in [-0.39, 0.29) is 6.03 Å². The Morgan fingerprint density at radius 2 is 1.89 bits per heavy atom. The van der Waals surface area contributed by atoms with E-state index in [9.17, 15) is 4.79 Å². The van der Waals surface area contributed by atoms with Crippen LogP contribution in [-0.2, 0) is 6.54 Å². The van der Waals surface area contributed by atoms with E-state index in [1.54, 1.807) is 0 Å². The third-order valence-electron chi connectivity index (χ3n) is 2.73. The van der Waals surface area contributed by atoms with Gasteiger partial charge < -0.3 is 10.6 Å². The molecule has 2 amide bonds. The highest BCUT2D eigenvalue weighted by Crippen LogP contribution is 2.17. The second-order valence-electron chi connectivity index (χ2n) is 4.25. The Labute approximate surface area is 126 Å². The number of hydrogen-bond donors (Lipinski definition) is 2. The number of nitrogens with one attached hydrogen (secondary N) is 2. The Morgan fingerprint density at radius 3 is 2.58 bits per heavy atom. The molecule has 2 aromatic rings. The molecule has 0 heterocycles. The number of urea groups is 1. The van der Waals surface area contributed by atoms with Crippen molar-refractivity contribution in [1.29, 1.82) is 0 Å². The van der Waals surface area contributed by atoms with Crippen LogP contribution in [0.25, 0.3) is 0 Å². The van der Waals surface area contributed by atoms with Gasteiger partial charge in [-0.15, -0.1) is 0 Å². The molecule has 19 heavy (non-hydrogen) atoms. The van der Waals surface area contributed by atoms with Crippen molar-refractivity contribution in [3.63, 3.8) is 0 Å². The zero-order valence-electron chi connectivity index (χ0n) is 10.6. The lowest BCUT2D eigenvalue weighted by atomic mass is 10.2. The minimum atomic E-state index is -0.187. The van der Waals surface area contributed by atoms with Gasteiger partial charge in [0.05, 0.1) is 0 Å². The molecular weight excluding hydrogens is 351 g/mol. The van der Waals surface area contributed by atoms with E-state index in [1.165, 1.54) is 0 Å². The maximum atomic E-state index is 11.8. The first kappa shape index (κ1) is 13.9. The minimum Gasteiger partial charge on any atom is -0.334 e. The highest BCUT2D eigenvalue weighted by atomic mass is 127. The molecule has 3 nitrogen and oxygen atoms in total. The molecule has 2 N–H and O–H groups in total. The van der Waals surface area contributed by atoms with Gasteiger partial charge in [-0.3, -0.25) is 0 Å². The third-order valence-corrected chi connectivity index (χ3v) is 3.40. The van der Waals surface area contributed by atoms with Crippen LogP contribution >= 0.6 is 22.6 Å². The van der Waals surface area contributed by atoms with Crippen molar-refractivity contribution in [3.8, 4) is 0 Å². The first-order valence-electron chi connectivity index (χ1n) is 6.00. The Bertz CT molecular complexity index is 570. The van der Waals surface area contributed by atoms with Crippen molar-refractivity contribution in [2.45, 2.75) is 13.5 Å². The Hall–Kier alpha value is -1.56. The number of benzene rings is 2. The molecule has 0 aromatic heterocycles. The second-order valence-corrected chi connectivity index (χ2v) is 5.50. The van der Waals surface area contributed by atoms with Crippen LogP contribution in [0.1, 0.15) is 11.1 Å². The summed E-state index contributed by atoms with van der Waals surface area (Å²) in [5, 5.41) is 5.69. The largest absolute Gasteiger partial charge is 0.334 e. The summed E-state index contributed by atoms with van der Waals surface area (Å²) in [6.07, 6.45) is 0. The highest BCUT2D eigenvalue weighted by molar-refractivity contribution is 14.1. The molecule has 2 rings (SSSR count). The van der Waals surface area contributed by atoms with Gasteiger partial charge in [0.2, 0.25) is 0 Å². The summed E-state index contributed by atoms with van der Waals surface area (Å²) >= 11 is 2.25. The van der Waals surface area contributed by atoms with E-state index in [2.05, 4.69) is 33.2 Å². The molecule has 0 fully saturated rings. The smallest absolute Gasteiger partial charge is 0.319 e. The quantitative estimate of drug-likeness (QED) is 0.795. The maximum Gasteiger partial charge on any atom is 0.319 e. The maximum absolute atomic E-state index is 11.8. The van der Waals surface area contributed by atoms with E-state index in [0.29, 0.717) is 6.54 Å². The molecule has 0 unspecified atom stereocenters. The predicted octanol–water partition coefficient (Wildman–Crippen LogP) is 3.92. The van der Waals surface area contributed by atoms with Crippen LogP contribution in [0.2, 0.25) is 0 Å². The van der Waals surface area contributed by atoms with Gasteiger partial charge in [-0.05, 0) is 58.8 Å². The highest BCUT2D eigenvalue weighted by Gasteiger charge is 2.04. The number of carbonyl (C=O) groups excluding carboxylic acids is 1. The van der Waals surface area contributed by atoms with Gasteiger partial charge in [0.25, 0.3) is 0 Å². The SMILES string of the molecule is Cc1cc(I)ccc1NC(=O)NCc1ccccc1. The standard InChI is InChI=1S/C15H15IN2O/c1-11-9-13(16)7-8-14(11)18-15(19)17-10-12-5-3-2-4-6-12/h2-9H,10H2,1H3,(H2,17,18,19). The fourth-order valence-corrected chi connectivity index (χ4v) is 2.36. The first-order chi connectivity index (χ1) is 9.15. The third kappa shape index (κ3) is 4.24. The van der Waals surface area contributed by atoms with Crippen molar-refractivity contribution in [2.24, 2.45) is 0 Å². The second kappa shape index (κ2) is 6.56. The number of aryl methyl sites for hydroxylation is 1. The van der Waals surface area contributed by atoms with Gasteiger partial charge in [0.15, 0.2) is 0 Å². The number of amides is 2. The molecule has 98 valence electrons. The fourth-order valence-electron chi connectivity index (χ4n) is 1.71. The number of hydrogen-bond acceptors (Lipinski definition) is 1. The van der Waals surface area contributed by atoms with E-state index in [4.69, 9.17) is 0 Å². The average Bonchev–Trinajstić information content (AvgIpc) is 2.41. The molecule has 0 spiro atoms. The van der Waals surface area contributed by atoms with Gasteiger partial charge in [0, 0.05) is 15.8 Å². The van der Waals surface area contributed by atoms with Gasteiger partial charge in [-0.1, -0.05) is 30.3 Å². The predicted molar refractivity (Wildman–Crippen MR) is 86.2 cm³/mol. The van der Waals surface area contributed by atoms with Crippen LogP contribution in [-0.4, -0.2) is 6.03 Å². The number of halogens is 1. The molecule has 2 aromatic carbocycles. The normalized spacial score (nSPS) is 10.0. The van der Waals surface area contributed by atoms with Gasteiger partial charge >= 0.3 is 6.03 Å². The zero-order chi connectivity index (χ0) is 13.7. The van der Waals surface area contributed by atoms with Crippen molar-refractivity contribution in [2.75, 3.05) is 5.32 Å². The molecule has 0 aliphatic heterocycles. The molecule has 0 aliphatic carbocycles. The molecule has 0 saturated heterocycles. The Kier molecular flexibility index (Phi) is 4.79. The van der Waals surface area contributed by atoms with Gasteiger partial charge in [-0.2, -0.15) is 0 Å². The summed E-state index contributed by atoms with van der Waals surface area (Å²) in [6.45, 7) is 2.51. The van der Waals surface area contributed by atoms with Crippen molar-refractivity contribution in [3.05, 3.63) is 63.2 Å². The Balaban J connectivity index is 1.91. The summed E-state index contributed by atoms with van der Waals surface area (Å²) in [5.41, 5.74) is 2.98. The van der Waals surface area contributed by atoms with E-state index in [0.717, 1.165) is 20.4 Å². The van der Waals surface area contributed by atoms with E-state index in [1.807, 2.05) is 55.5 Å². The summed E-state index contributed by atoms with van der Waals surface area (Å²) in [5.74, 6) is 0. The Morgan fingerprint density at radius 1 is 1.16 bits per heavy atom. The zero-order valence-corrected chi connectivity index (χ0v) is 12.8. The van der Waals surface area contributed by atoms with Crippen LogP contribution in [0.3, 0.4) is 0 Å². The molecule has 0 saturated carbocycles. The van der Waals surface area contributed by atoms with Crippen LogP contribution < -0.4 is 10.6 Å². The average molecular weight is 366 g/mol. The van der Waals surface area contributed by atoms with Crippen molar-refractivity contribution in [1.82, 2.24) is 5.32 Å². The number of rotatable bonds is 3. The van der Waals surface area contributed by atoms with Crippen LogP contribution in [0.5, 0.6) is 0 Å². The lowest BCUT2D eigenvalue weighted by Gasteiger charge is -2.10. The number of carbonyl (C=O) groups is 1. The van der Waals surface area contributed by atoms with E-state index >= 15 is 0 Å². The first-order valence-corrected chi connectivity index (χ1v) is 7.08.